The molecule has 0 saturated carbocycles. The molecule has 1 N–H and O–H groups in total. The molecule has 1 aromatic heterocycles. The zero-order valence-corrected chi connectivity index (χ0v) is 13.4. The molecule has 0 bridgehead atoms. The van der Waals surface area contributed by atoms with Gasteiger partial charge in [0.1, 0.15) is 11.6 Å². The minimum absolute atomic E-state index is 0.101. The maximum Gasteiger partial charge on any atom is 0.259 e. The molecule has 3 aromatic rings. The monoisotopic (exact) mass is 339 g/mol. The van der Waals surface area contributed by atoms with Crippen molar-refractivity contribution in [2.75, 3.05) is 17.3 Å². The predicted molar refractivity (Wildman–Crippen MR) is 93.1 cm³/mol. The number of aromatic nitrogens is 1. The van der Waals surface area contributed by atoms with Crippen molar-refractivity contribution in [1.82, 2.24) is 4.98 Å². The van der Waals surface area contributed by atoms with Gasteiger partial charge in [0.25, 0.3) is 5.91 Å². The maximum atomic E-state index is 13.7. The average Bonchev–Trinajstić information content (AvgIpc) is 2.64. The topological polar surface area (TPSA) is 45.2 Å². The van der Waals surface area contributed by atoms with Crippen LogP contribution in [-0.2, 0) is 0 Å². The van der Waals surface area contributed by atoms with Crippen molar-refractivity contribution in [2.45, 2.75) is 0 Å². The van der Waals surface area contributed by atoms with Gasteiger partial charge in [0, 0.05) is 25.0 Å². The van der Waals surface area contributed by atoms with Gasteiger partial charge in [-0.3, -0.25) is 9.78 Å². The summed E-state index contributed by atoms with van der Waals surface area (Å²) in [5.41, 5.74) is 1.62. The van der Waals surface area contributed by atoms with Gasteiger partial charge in [-0.25, -0.2) is 8.78 Å². The number of rotatable bonds is 4. The van der Waals surface area contributed by atoms with E-state index in [-0.39, 0.29) is 11.6 Å². The van der Waals surface area contributed by atoms with Gasteiger partial charge >= 0.3 is 0 Å². The molecular formula is C19H15F2N3O. The summed E-state index contributed by atoms with van der Waals surface area (Å²) >= 11 is 0. The first-order valence-corrected chi connectivity index (χ1v) is 7.55. The molecule has 0 aliphatic rings. The Morgan fingerprint density at radius 3 is 2.52 bits per heavy atom. The summed E-state index contributed by atoms with van der Waals surface area (Å²) in [5, 5.41) is 2.80. The Morgan fingerprint density at radius 1 is 1.04 bits per heavy atom. The van der Waals surface area contributed by atoms with E-state index >= 15 is 0 Å². The molecule has 0 aliphatic heterocycles. The Kier molecular flexibility index (Phi) is 4.70. The number of halogens is 2. The van der Waals surface area contributed by atoms with Gasteiger partial charge in [-0.15, -0.1) is 0 Å². The van der Waals surface area contributed by atoms with Crippen molar-refractivity contribution in [1.29, 1.82) is 0 Å². The second-order valence-electron chi connectivity index (χ2n) is 5.41. The maximum absolute atomic E-state index is 13.7. The quantitative estimate of drug-likeness (QED) is 0.767. The molecule has 2 aromatic carbocycles. The highest BCUT2D eigenvalue weighted by Gasteiger charge is 2.14. The largest absolute Gasteiger partial charge is 0.352 e. The van der Waals surface area contributed by atoms with Crippen molar-refractivity contribution in [2.24, 2.45) is 0 Å². The molecule has 0 unspecified atom stereocenters. The molecule has 0 radical (unpaired) electrons. The van der Waals surface area contributed by atoms with E-state index in [4.69, 9.17) is 0 Å². The number of nitrogens with one attached hydrogen (secondary N) is 1. The van der Waals surface area contributed by atoms with E-state index in [9.17, 15) is 13.6 Å². The number of carbonyl (C=O) groups is 1. The standard InChI is InChI=1S/C19H15F2N3O/c1-24(16-5-3-2-4-6-16)19(25)13-9-15(12-22-11-13)23-18-8-7-14(20)10-17(18)21/h2-12,23H,1H3. The Hall–Kier alpha value is -3.28. The van der Waals surface area contributed by atoms with Crippen LogP contribution in [-0.4, -0.2) is 17.9 Å². The number of hydrogen-bond donors (Lipinski definition) is 1. The Labute approximate surface area is 143 Å². The predicted octanol–water partition coefficient (Wildman–Crippen LogP) is 4.38. The minimum atomic E-state index is -0.724. The fourth-order valence-electron chi connectivity index (χ4n) is 2.33. The summed E-state index contributed by atoms with van der Waals surface area (Å²) in [6.45, 7) is 0. The van der Waals surface area contributed by atoms with Gasteiger partial charge < -0.3 is 10.2 Å². The summed E-state index contributed by atoms with van der Waals surface area (Å²) in [4.78, 5) is 18.1. The molecular weight excluding hydrogens is 324 g/mol. The average molecular weight is 339 g/mol. The molecule has 126 valence electrons. The number of nitrogens with zero attached hydrogens (tertiary/aromatic N) is 2. The lowest BCUT2D eigenvalue weighted by atomic mass is 10.2. The van der Waals surface area contributed by atoms with Gasteiger partial charge in [0.15, 0.2) is 0 Å². The van der Waals surface area contributed by atoms with Crippen LogP contribution >= 0.6 is 0 Å². The molecule has 1 heterocycles. The van der Waals surface area contributed by atoms with Gasteiger partial charge in [-0.05, 0) is 30.3 Å². The van der Waals surface area contributed by atoms with Crippen molar-refractivity contribution in [3.63, 3.8) is 0 Å². The molecule has 4 nitrogen and oxygen atoms in total. The van der Waals surface area contributed by atoms with Gasteiger partial charge in [-0.2, -0.15) is 0 Å². The van der Waals surface area contributed by atoms with Crippen LogP contribution in [0.4, 0.5) is 25.8 Å². The lowest BCUT2D eigenvalue weighted by Crippen LogP contribution is -2.26. The van der Waals surface area contributed by atoms with Crippen LogP contribution < -0.4 is 10.2 Å². The normalized spacial score (nSPS) is 10.4. The first kappa shape index (κ1) is 16.6. The fourth-order valence-corrected chi connectivity index (χ4v) is 2.33. The van der Waals surface area contributed by atoms with E-state index < -0.39 is 11.6 Å². The van der Waals surface area contributed by atoms with Crippen molar-refractivity contribution >= 4 is 23.0 Å². The van der Waals surface area contributed by atoms with E-state index in [0.29, 0.717) is 11.3 Å². The highest BCUT2D eigenvalue weighted by molar-refractivity contribution is 6.06. The summed E-state index contributed by atoms with van der Waals surface area (Å²) < 4.78 is 26.7. The SMILES string of the molecule is CN(C(=O)c1cncc(Nc2ccc(F)cc2F)c1)c1ccccc1. The second-order valence-corrected chi connectivity index (χ2v) is 5.41. The molecule has 0 fully saturated rings. The molecule has 25 heavy (non-hydrogen) atoms. The van der Waals surface area contributed by atoms with E-state index in [1.54, 1.807) is 13.1 Å². The Morgan fingerprint density at radius 2 is 1.80 bits per heavy atom. The number of para-hydroxylation sites is 1. The van der Waals surface area contributed by atoms with Crippen LogP contribution in [0.15, 0.2) is 67.0 Å². The first-order valence-electron chi connectivity index (χ1n) is 7.55. The third kappa shape index (κ3) is 3.80. The van der Waals surface area contributed by atoms with Crippen molar-refractivity contribution in [3.8, 4) is 0 Å². The third-order valence-corrected chi connectivity index (χ3v) is 3.64. The number of amides is 1. The van der Waals surface area contributed by atoms with Crippen LogP contribution in [0.2, 0.25) is 0 Å². The molecule has 0 atom stereocenters. The Balaban J connectivity index is 1.82. The van der Waals surface area contributed by atoms with E-state index in [1.807, 2.05) is 30.3 Å². The van der Waals surface area contributed by atoms with Gasteiger partial charge in [0.2, 0.25) is 0 Å². The number of carbonyl (C=O) groups excluding carboxylic acids is 1. The van der Waals surface area contributed by atoms with E-state index in [1.165, 1.54) is 23.4 Å². The lowest BCUT2D eigenvalue weighted by molar-refractivity contribution is 0.0992. The summed E-state index contributed by atoms with van der Waals surface area (Å²) in [6, 6.07) is 14.0. The smallest absolute Gasteiger partial charge is 0.259 e. The van der Waals surface area contributed by atoms with Crippen LogP contribution in [0, 0.1) is 11.6 Å². The van der Waals surface area contributed by atoms with Crippen LogP contribution in [0.3, 0.4) is 0 Å². The van der Waals surface area contributed by atoms with E-state index in [0.717, 1.165) is 17.8 Å². The highest BCUT2D eigenvalue weighted by atomic mass is 19.1. The van der Waals surface area contributed by atoms with Crippen molar-refractivity contribution in [3.05, 3.63) is 84.2 Å². The van der Waals surface area contributed by atoms with Crippen molar-refractivity contribution < 1.29 is 13.6 Å². The highest BCUT2D eigenvalue weighted by Crippen LogP contribution is 2.22. The summed E-state index contributed by atoms with van der Waals surface area (Å²) in [7, 11) is 1.66. The zero-order valence-electron chi connectivity index (χ0n) is 13.4. The van der Waals surface area contributed by atoms with E-state index in [2.05, 4.69) is 10.3 Å². The minimum Gasteiger partial charge on any atom is -0.352 e. The molecule has 0 aliphatic carbocycles. The Bertz CT molecular complexity index is 900. The number of benzene rings is 2. The number of anilines is 3. The molecule has 6 heteroatoms. The molecule has 1 amide bonds. The molecule has 0 spiro atoms. The number of pyridine rings is 1. The second kappa shape index (κ2) is 7.09. The summed E-state index contributed by atoms with van der Waals surface area (Å²) in [6.07, 6.45) is 2.90. The van der Waals surface area contributed by atoms with Crippen LogP contribution in [0.25, 0.3) is 0 Å². The molecule has 0 saturated heterocycles. The third-order valence-electron chi connectivity index (χ3n) is 3.64. The lowest BCUT2D eigenvalue weighted by Gasteiger charge is -2.17. The van der Waals surface area contributed by atoms with Crippen LogP contribution in [0.1, 0.15) is 10.4 Å². The fraction of sp³-hybridized carbons (Fsp3) is 0.0526. The summed E-state index contributed by atoms with van der Waals surface area (Å²) in [5.74, 6) is -1.63. The van der Waals surface area contributed by atoms with Gasteiger partial charge in [0.05, 0.1) is 23.1 Å². The molecule has 3 rings (SSSR count). The first-order chi connectivity index (χ1) is 12.0. The zero-order chi connectivity index (χ0) is 17.8. The van der Waals surface area contributed by atoms with Crippen LogP contribution in [0.5, 0.6) is 0 Å². The van der Waals surface area contributed by atoms with Gasteiger partial charge in [-0.1, -0.05) is 18.2 Å². The number of hydrogen-bond acceptors (Lipinski definition) is 3.